The molecule has 17 heavy (non-hydrogen) atoms. The Morgan fingerprint density at radius 1 is 1.47 bits per heavy atom. The number of carboxylic acid groups (broad SMARTS) is 1. The minimum atomic E-state index is -0.938. The summed E-state index contributed by atoms with van der Waals surface area (Å²) in [6.07, 6.45) is 1.92. The fourth-order valence-corrected chi connectivity index (χ4v) is 1.62. The second-order valence-corrected chi connectivity index (χ2v) is 3.89. The quantitative estimate of drug-likeness (QED) is 0.414. The third-order valence-electron chi connectivity index (χ3n) is 2.48. The fourth-order valence-electron chi connectivity index (χ4n) is 1.62. The van der Waals surface area contributed by atoms with Crippen LogP contribution in [0.15, 0.2) is 12.7 Å². The van der Waals surface area contributed by atoms with Crippen molar-refractivity contribution < 1.29 is 19.4 Å². The summed E-state index contributed by atoms with van der Waals surface area (Å²) >= 11 is 0. The van der Waals surface area contributed by atoms with Gasteiger partial charge in [-0.15, -0.1) is 6.58 Å². The van der Waals surface area contributed by atoms with E-state index < -0.39 is 12.1 Å². The first kappa shape index (κ1) is 13.7. The zero-order valence-corrected chi connectivity index (χ0v) is 9.65. The first-order valence-electron chi connectivity index (χ1n) is 5.60. The summed E-state index contributed by atoms with van der Waals surface area (Å²) in [5.41, 5.74) is 0. The van der Waals surface area contributed by atoms with Gasteiger partial charge < -0.3 is 20.5 Å². The summed E-state index contributed by atoms with van der Waals surface area (Å²) in [6, 6.07) is 0. The monoisotopic (exact) mass is 242 g/mol. The molecule has 3 N–H and O–H groups in total. The van der Waals surface area contributed by atoms with E-state index in [-0.39, 0.29) is 18.6 Å². The molecule has 0 aliphatic carbocycles. The van der Waals surface area contributed by atoms with E-state index in [4.69, 9.17) is 9.84 Å². The predicted octanol–water partition coefficient (Wildman–Crippen LogP) is -0.490. The Morgan fingerprint density at radius 3 is 2.82 bits per heavy atom. The van der Waals surface area contributed by atoms with Gasteiger partial charge in [0.2, 0.25) is 5.91 Å². The third kappa shape index (κ3) is 4.97. The molecule has 1 saturated heterocycles. The van der Waals surface area contributed by atoms with Crippen molar-refractivity contribution in [1.82, 2.24) is 10.6 Å². The molecule has 1 fully saturated rings. The van der Waals surface area contributed by atoms with Crippen LogP contribution in [0.1, 0.15) is 12.8 Å². The highest BCUT2D eigenvalue weighted by atomic mass is 16.5. The lowest BCUT2D eigenvalue weighted by atomic mass is 10.2. The molecule has 6 heteroatoms. The molecule has 0 saturated carbocycles. The maximum absolute atomic E-state index is 11.3. The highest BCUT2D eigenvalue weighted by Gasteiger charge is 2.30. The second kappa shape index (κ2) is 7.03. The average Bonchev–Trinajstić information content (AvgIpc) is 2.75. The summed E-state index contributed by atoms with van der Waals surface area (Å²) in [6.45, 7) is 4.68. The number of nitrogens with one attached hydrogen (secondary N) is 2. The summed E-state index contributed by atoms with van der Waals surface area (Å²) in [7, 11) is 0. The van der Waals surface area contributed by atoms with Gasteiger partial charge in [0.15, 0.2) is 6.10 Å². The molecule has 1 rings (SSSR count). The van der Waals surface area contributed by atoms with E-state index in [1.807, 2.05) is 0 Å². The third-order valence-corrected chi connectivity index (χ3v) is 2.48. The summed E-state index contributed by atoms with van der Waals surface area (Å²) in [5.74, 6) is -1.07. The van der Waals surface area contributed by atoms with Gasteiger partial charge in [0.1, 0.15) is 0 Å². The van der Waals surface area contributed by atoms with Gasteiger partial charge in [-0.1, -0.05) is 6.08 Å². The van der Waals surface area contributed by atoms with E-state index in [1.54, 1.807) is 6.08 Å². The molecular formula is C11H18N2O4. The molecule has 1 aliphatic rings. The fraction of sp³-hybridized carbons (Fsp3) is 0.636. The van der Waals surface area contributed by atoms with Crippen LogP contribution in [-0.2, 0) is 14.3 Å². The molecule has 1 amide bonds. The van der Waals surface area contributed by atoms with E-state index in [0.29, 0.717) is 25.9 Å². The van der Waals surface area contributed by atoms with Gasteiger partial charge in [0, 0.05) is 13.1 Å². The first-order valence-corrected chi connectivity index (χ1v) is 5.60. The average molecular weight is 242 g/mol. The maximum Gasteiger partial charge on any atom is 0.332 e. The summed E-state index contributed by atoms with van der Waals surface area (Å²) < 4.78 is 5.25. The number of hydrogen-bond acceptors (Lipinski definition) is 4. The molecule has 0 radical (unpaired) electrons. The van der Waals surface area contributed by atoms with Gasteiger partial charge in [-0.05, 0) is 12.8 Å². The smallest absolute Gasteiger partial charge is 0.332 e. The lowest BCUT2D eigenvalue weighted by Gasteiger charge is -2.12. The minimum Gasteiger partial charge on any atom is -0.479 e. The molecule has 0 aromatic heterocycles. The number of rotatable bonds is 7. The van der Waals surface area contributed by atoms with Crippen molar-refractivity contribution in [2.75, 3.05) is 19.6 Å². The minimum absolute atomic E-state index is 0.130. The number of hydrogen-bond donors (Lipinski definition) is 3. The Bertz CT molecular complexity index is 293. The van der Waals surface area contributed by atoms with E-state index in [0.717, 1.165) is 0 Å². The normalized spacial score (nSPS) is 23.3. The van der Waals surface area contributed by atoms with Gasteiger partial charge in [0.25, 0.3) is 0 Å². The van der Waals surface area contributed by atoms with Crippen molar-refractivity contribution in [3.05, 3.63) is 12.7 Å². The van der Waals surface area contributed by atoms with Crippen LogP contribution in [0.2, 0.25) is 0 Å². The van der Waals surface area contributed by atoms with Crippen molar-refractivity contribution >= 4 is 11.9 Å². The molecule has 0 bridgehead atoms. The van der Waals surface area contributed by atoms with Crippen LogP contribution in [0.25, 0.3) is 0 Å². The molecule has 0 spiro atoms. The summed E-state index contributed by atoms with van der Waals surface area (Å²) in [4.78, 5) is 21.9. The first-order chi connectivity index (χ1) is 8.13. The van der Waals surface area contributed by atoms with Gasteiger partial charge in [-0.25, -0.2) is 4.79 Å². The van der Waals surface area contributed by atoms with Crippen LogP contribution < -0.4 is 10.6 Å². The number of aliphatic carboxylic acids is 1. The zero-order valence-electron chi connectivity index (χ0n) is 9.65. The van der Waals surface area contributed by atoms with Crippen molar-refractivity contribution in [2.24, 2.45) is 0 Å². The number of carbonyl (C=O) groups excluding carboxylic acids is 1. The molecule has 1 heterocycles. The van der Waals surface area contributed by atoms with Crippen LogP contribution in [0.3, 0.4) is 0 Å². The van der Waals surface area contributed by atoms with E-state index in [1.165, 1.54) is 0 Å². The van der Waals surface area contributed by atoms with Gasteiger partial charge >= 0.3 is 5.97 Å². The van der Waals surface area contributed by atoms with Gasteiger partial charge in [0.05, 0.1) is 12.6 Å². The van der Waals surface area contributed by atoms with Crippen LogP contribution in [0.5, 0.6) is 0 Å². The van der Waals surface area contributed by atoms with Gasteiger partial charge in [-0.2, -0.15) is 0 Å². The predicted molar refractivity (Wildman–Crippen MR) is 61.6 cm³/mol. The standard InChI is InChI=1S/C11H18N2O4/c1-2-5-12-7-10(14)13-6-8-3-4-9(17-8)11(15)16/h2,8-9,12H,1,3-7H2,(H,13,14)(H,15,16). The largest absolute Gasteiger partial charge is 0.479 e. The number of ether oxygens (including phenoxy) is 1. The number of carbonyl (C=O) groups is 2. The molecule has 6 nitrogen and oxygen atoms in total. The molecule has 2 unspecified atom stereocenters. The van der Waals surface area contributed by atoms with E-state index in [2.05, 4.69) is 17.2 Å². The van der Waals surface area contributed by atoms with Crippen molar-refractivity contribution in [1.29, 1.82) is 0 Å². The SMILES string of the molecule is C=CCNCC(=O)NCC1CCC(C(=O)O)O1. The van der Waals surface area contributed by atoms with Crippen molar-refractivity contribution in [3.63, 3.8) is 0 Å². The Morgan fingerprint density at radius 2 is 2.24 bits per heavy atom. The van der Waals surface area contributed by atoms with Crippen molar-refractivity contribution in [3.8, 4) is 0 Å². The Hall–Kier alpha value is -1.40. The molecule has 0 aromatic rings. The number of carboxylic acids is 1. The topological polar surface area (TPSA) is 87.7 Å². The summed E-state index contributed by atoms with van der Waals surface area (Å²) in [5, 5.41) is 14.3. The zero-order chi connectivity index (χ0) is 12.7. The Kier molecular flexibility index (Phi) is 5.65. The number of amides is 1. The molecule has 0 aromatic carbocycles. The van der Waals surface area contributed by atoms with Gasteiger partial charge in [-0.3, -0.25) is 4.79 Å². The highest BCUT2D eigenvalue weighted by molar-refractivity contribution is 5.78. The lowest BCUT2D eigenvalue weighted by Crippen LogP contribution is -2.38. The maximum atomic E-state index is 11.3. The highest BCUT2D eigenvalue weighted by Crippen LogP contribution is 2.18. The van der Waals surface area contributed by atoms with Crippen molar-refractivity contribution in [2.45, 2.75) is 25.0 Å². The van der Waals surface area contributed by atoms with E-state index >= 15 is 0 Å². The second-order valence-electron chi connectivity index (χ2n) is 3.89. The molecule has 96 valence electrons. The van der Waals surface area contributed by atoms with Crippen LogP contribution >= 0.6 is 0 Å². The van der Waals surface area contributed by atoms with Crippen LogP contribution in [0, 0.1) is 0 Å². The Balaban J connectivity index is 2.12. The van der Waals surface area contributed by atoms with Crippen LogP contribution in [0.4, 0.5) is 0 Å². The Labute approximate surface area is 100 Å². The molecule has 1 aliphatic heterocycles. The van der Waals surface area contributed by atoms with E-state index in [9.17, 15) is 9.59 Å². The van der Waals surface area contributed by atoms with Crippen LogP contribution in [-0.4, -0.2) is 48.8 Å². The lowest BCUT2D eigenvalue weighted by molar-refractivity contribution is -0.149. The molecule has 2 atom stereocenters. The molecular weight excluding hydrogens is 224 g/mol.